The summed E-state index contributed by atoms with van der Waals surface area (Å²) in [7, 11) is 0. The van der Waals surface area contributed by atoms with Crippen molar-refractivity contribution in [1.82, 2.24) is 4.98 Å². The van der Waals surface area contributed by atoms with Gasteiger partial charge in [-0.05, 0) is 42.3 Å². The molecule has 6 heteroatoms. The molecule has 0 spiro atoms. The van der Waals surface area contributed by atoms with Gasteiger partial charge in [-0.3, -0.25) is 4.98 Å². The number of hydrogen-bond acceptors (Lipinski definition) is 3. The number of aromatic nitrogens is 1. The van der Waals surface area contributed by atoms with Gasteiger partial charge < -0.3 is 4.72 Å². The molecule has 3 aromatic rings. The highest BCUT2D eigenvalue weighted by atomic mass is 35.5. The molecule has 104 valence electrons. The summed E-state index contributed by atoms with van der Waals surface area (Å²) in [5.41, 5.74) is 2.81. The van der Waals surface area contributed by atoms with Gasteiger partial charge in [0.05, 0.1) is 16.2 Å². The van der Waals surface area contributed by atoms with E-state index in [1.54, 1.807) is 18.3 Å². The van der Waals surface area contributed by atoms with Gasteiger partial charge in [-0.25, -0.2) is 8.78 Å². The summed E-state index contributed by atoms with van der Waals surface area (Å²) in [5.74, 6) is -1.74. The molecule has 2 aromatic carbocycles. The summed E-state index contributed by atoms with van der Waals surface area (Å²) in [6.45, 7) is 0. The minimum atomic E-state index is -0.876. The van der Waals surface area contributed by atoms with Crippen LogP contribution in [0.25, 0.3) is 22.0 Å². The van der Waals surface area contributed by atoms with Crippen molar-refractivity contribution in [2.75, 3.05) is 4.72 Å². The Morgan fingerprint density at radius 2 is 1.90 bits per heavy atom. The maximum Gasteiger partial charge on any atom is 0.160 e. The molecule has 1 aliphatic rings. The number of hydrogen-bond donors (Lipinski definition) is 1. The van der Waals surface area contributed by atoms with Gasteiger partial charge >= 0.3 is 0 Å². The molecule has 1 aromatic heterocycles. The average Bonchev–Trinajstić information content (AvgIpc) is 2.49. The van der Waals surface area contributed by atoms with Gasteiger partial charge in [-0.1, -0.05) is 11.6 Å². The maximum atomic E-state index is 13.6. The molecular weight excluding hydrogens is 314 g/mol. The lowest BCUT2D eigenvalue weighted by molar-refractivity contribution is 0.506. The maximum absolute atomic E-state index is 13.6. The lowest BCUT2D eigenvalue weighted by Gasteiger charge is -2.22. The molecule has 0 atom stereocenters. The molecular formula is C15H7ClF2N2S. The SMILES string of the molecule is Fc1cc2c(cc1F)-c1cc(Cl)c3cccnc3c1NS2. The van der Waals surface area contributed by atoms with Crippen LogP contribution in [0.3, 0.4) is 0 Å². The molecule has 2 nitrogen and oxygen atoms in total. The van der Waals surface area contributed by atoms with E-state index in [1.165, 1.54) is 24.1 Å². The van der Waals surface area contributed by atoms with E-state index in [9.17, 15) is 8.78 Å². The number of benzene rings is 2. The number of rotatable bonds is 0. The van der Waals surface area contributed by atoms with Crippen LogP contribution < -0.4 is 4.72 Å². The van der Waals surface area contributed by atoms with Gasteiger partial charge in [-0.2, -0.15) is 0 Å². The zero-order chi connectivity index (χ0) is 14.6. The van der Waals surface area contributed by atoms with Crippen LogP contribution >= 0.6 is 23.5 Å². The monoisotopic (exact) mass is 320 g/mol. The third kappa shape index (κ3) is 1.88. The van der Waals surface area contributed by atoms with Crippen LogP contribution in [0.15, 0.2) is 41.4 Å². The number of nitrogens with one attached hydrogen (secondary N) is 1. The average molecular weight is 321 g/mol. The largest absolute Gasteiger partial charge is 0.323 e. The predicted molar refractivity (Wildman–Crippen MR) is 81.6 cm³/mol. The van der Waals surface area contributed by atoms with Crippen LogP contribution in [0.1, 0.15) is 0 Å². The van der Waals surface area contributed by atoms with Gasteiger partial charge in [-0.15, -0.1) is 0 Å². The van der Waals surface area contributed by atoms with Crippen LogP contribution in [-0.2, 0) is 0 Å². The molecule has 0 aliphatic carbocycles. The topological polar surface area (TPSA) is 24.9 Å². The summed E-state index contributed by atoms with van der Waals surface area (Å²) in [6.07, 6.45) is 1.67. The quantitative estimate of drug-likeness (QED) is 0.571. The highest BCUT2D eigenvalue weighted by molar-refractivity contribution is 8.00. The van der Waals surface area contributed by atoms with Crippen molar-refractivity contribution < 1.29 is 8.78 Å². The smallest absolute Gasteiger partial charge is 0.160 e. The number of pyridine rings is 1. The molecule has 0 amide bonds. The van der Waals surface area contributed by atoms with Crippen molar-refractivity contribution >= 4 is 40.1 Å². The van der Waals surface area contributed by atoms with Gasteiger partial charge in [0.2, 0.25) is 0 Å². The number of fused-ring (bicyclic) bond motifs is 5. The van der Waals surface area contributed by atoms with Gasteiger partial charge in [0.25, 0.3) is 0 Å². The number of anilines is 1. The van der Waals surface area contributed by atoms with Crippen molar-refractivity contribution in [2.24, 2.45) is 0 Å². The Hall–Kier alpha value is -1.85. The summed E-state index contributed by atoms with van der Waals surface area (Å²) in [4.78, 5) is 4.96. The van der Waals surface area contributed by atoms with E-state index in [0.717, 1.165) is 16.6 Å². The Labute approximate surface area is 128 Å². The summed E-state index contributed by atoms with van der Waals surface area (Å²) in [6, 6.07) is 7.81. The molecule has 0 fully saturated rings. The fourth-order valence-electron chi connectivity index (χ4n) is 2.45. The number of nitrogens with zero attached hydrogens (tertiary/aromatic N) is 1. The summed E-state index contributed by atoms with van der Waals surface area (Å²) < 4.78 is 30.1. The van der Waals surface area contributed by atoms with E-state index >= 15 is 0 Å². The fourth-order valence-corrected chi connectivity index (χ4v) is 3.57. The Morgan fingerprint density at radius 3 is 2.76 bits per heavy atom. The van der Waals surface area contributed by atoms with E-state index < -0.39 is 11.6 Å². The first-order valence-corrected chi connectivity index (χ1v) is 7.34. The number of halogens is 3. The lowest BCUT2D eigenvalue weighted by atomic mass is 10.0. The Kier molecular flexibility index (Phi) is 2.80. The standard InChI is InChI=1S/C15H7ClF2N2S/c16-10-4-9-8-5-11(17)12(18)6-13(8)21-20-15(9)14-7(10)2-1-3-19-14/h1-6,20H. The molecule has 0 unspecified atom stereocenters. The molecule has 0 saturated carbocycles. The molecule has 0 bridgehead atoms. The van der Waals surface area contributed by atoms with Crippen molar-refractivity contribution in [3.8, 4) is 11.1 Å². The van der Waals surface area contributed by atoms with Crippen LogP contribution in [-0.4, -0.2) is 4.98 Å². The molecule has 2 heterocycles. The van der Waals surface area contributed by atoms with Crippen molar-refractivity contribution in [3.05, 3.63) is 53.2 Å². The fraction of sp³-hybridized carbons (Fsp3) is 0. The zero-order valence-corrected chi connectivity index (χ0v) is 12.0. The van der Waals surface area contributed by atoms with Crippen LogP contribution in [0.5, 0.6) is 0 Å². The predicted octanol–water partition coefficient (Wildman–Crippen LogP) is 5.27. The highest BCUT2D eigenvalue weighted by Gasteiger charge is 2.23. The van der Waals surface area contributed by atoms with E-state index in [0.29, 0.717) is 21.0 Å². The lowest BCUT2D eigenvalue weighted by Crippen LogP contribution is -2.02. The van der Waals surface area contributed by atoms with Crippen LogP contribution in [0.4, 0.5) is 14.5 Å². The highest BCUT2D eigenvalue weighted by Crippen LogP contribution is 2.47. The molecule has 21 heavy (non-hydrogen) atoms. The molecule has 0 radical (unpaired) electrons. The van der Waals surface area contributed by atoms with E-state index in [4.69, 9.17) is 11.6 Å². The van der Waals surface area contributed by atoms with Gasteiger partial charge in [0.15, 0.2) is 11.6 Å². The second-order valence-corrected chi connectivity index (χ2v) is 5.90. The van der Waals surface area contributed by atoms with E-state index in [-0.39, 0.29) is 0 Å². The van der Waals surface area contributed by atoms with Crippen LogP contribution in [0, 0.1) is 11.6 Å². The molecule has 4 rings (SSSR count). The Morgan fingerprint density at radius 1 is 1.10 bits per heavy atom. The summed E-state index contributed by atoms with van der Waals surface area (Å²) >= 11 is 7.52. The molecule has 1 N–H and O–H groups in total. The van der Waals surface area contributed by atoms with Crippen molar-refractivity contribution in [1.29, 1.82) is 0 Å². The molecule has 1 aliphatic heterocycles. The van der Waals surface area contributed by atoms with E-state index in [2.05, 4.69) is 9.71 Å². The van der Waals surface area contributed by atoms with Gasteiger partial charge in [0, 0.05) is 27.6 Å². The third-order valence-electron chi connectivity index (χ3n) is 3.42. The van der Waals surface area contributed by atoms with Crippen molar-refractivity contribution in [2.45, 2.75) is 4.90 Å². The second kappa shape index (κ2) is 4.58. The first-order chi connectivity index (χ1) is 10.1. The zero-order valence-electron chi connectivity index (χ0n) is 10.5. The Balaban J connectivity index is 2.09. The first kappa shape index (κ1) is 12.9. The van der Waals surface area contributed by atoms with E-state index in [1.807, 2.05) is 6.07 Å². The summed E-state index contributed by atoms with van der Waals surface area (Å²) in [5, 5.41) is 1.35. The Bertz CT molecular complexity index is 898. The second-order valence-electron chi connectivity index (χ2n) is 4.65. The minimum Gasteiger partial charge on any atom is -0.323 e. The normalized spacial score (nSPS) is 12.7. The van der Waals surface area contributed by atoms with Crippen molar-refractivity contribution in [3.63, 3.8) is 0 Å². The minimum absolute atomic E-state index is 0.529. The van der Waals surface area contributed by atoms with Crippen LogP contribution in [0.2, 0.25) is 5.02 Å². The molecule has 0 saturated heterocycles. The third-order valence-corrected chi connectivity index (χ3v) is 4.59. The van der Waals surface area contributed by atoms with Gasteiger partial charge in [0.1, 0.15) is 0 Å². The first-order valence-electron chi connectivity index (χ1n) is 6.14.